The van der Waals surface area contributed by atoms with E-state index < -0.39 is 29.9 Å². The van der Waals surface area contributed by atoms with Gasteiger partial charge in [0.15, 0.2) is 0 Å². The van der Waals surface area contributed by atoms with E-state index >= 15 is 0 Å². The monoisotopic (exact) mass is 408 g/mol. The normalized spacial score (nSPS) is 18.2. The molecular formula is C22H24N4O4. The Morgan fingerprint density at radius 3 is 2.33 bits per heavy atom. The van der Waals surface area contributed by atoms with E-state index in [-0.39, 0.29) is 5.91 Å². The molecule has 3 rings (SSSR count). The summed E-state index contributed by atoms with van der Waals surface area (Å²) in [4.78, 5) is 50.1. The molecule has 8 heteroatoms. The molecule has 0 aliphatic carbocycles. The van der Waals surface area contributed by atoms with E-state index in [0.717, 1.165) is 16.0 Å². The fraction of sp³-hybridized carbons (Fsp3) is 0.273. The van der Waals surface area contributed by atoms with Gasteiger partial charge in [-0.15, -0.1) is 0 Å². The number of carbonyl (C=O) groups is 4. The van der Waals surface area contributed by atoms with Crippen LogP contribution in [-0.2, 0) is 19.9 Å². The molecule has 30 heavy (non-hydrogen) atoms. The number of carbonyl (C=O) groups excluding carboxylic acids is 4. The number of nitrogens with one attached hydrogen (secondary N) is 3. The first-order valence-corrected chi connectivity index (χ1v) is 9.49. The third kappa shape index (κ3) is 4.17. The molecular weight excluding hydrogens is 384 g/mol. The van der Waals surface area contributed by atoms with Crippen molar-refractivity contribution in [1.82, 2.24) is 10.2 Å². The molecule has 1 saturated heterocycles. The van der Waals surface area contributed by atoms with Crippen LogP contribution < -0.4 is 16.0 Å². The van der Waals surface area contributed by atoms with E-state index in [4.69, 9.17) is 0 Å². The SMILES string of the molecule is CC(=O)Nc1ccc(C)c(NC(=O)CN2C(=O)NC(C)(c3ccc(C)cc3)C2=O)c1. The largest absolute Gasteiger partial charge is 0.326 e. The van der Waals surface area contributed by atoms with Crippen LogP contribution in [0.2, 0.25) is 0 Å². The van der Waals surface area contributed by atoms with Gasteiger partial charge < -0.3 is 16.0 Å². The number of hydrogen-bond donors (Lipinski definition) is 3. The summed E-state index contributed by atoms with van der Waals surface area (Å²) in [5, 5.41) is 8.04. The van der Waals surface area contributed by atoms with Gasteiger partial charge in [0.1, 0.15) is 12.1 Å². The van der Waals surface area contributed by atoms with Crippen molar-refractivity contribution in [2.24, 2.45) is 0 Å². The Morgan fingerprint density at radius 2 is 1.70 bits per heavy atom. The van der Waals surface area contributed by atoms with Crippen LogP contribution in [0.25, 0.3) is 0 Å². The van der Waals surface area contributed by atoms with Gasteiger partial charge in [-0.25, -0.2) is 4.79 Å². The summed E-state index contributed by atoms with van der Waals surface area (Å²) in [6.45, 7) is 6.32. The molecule has 8 nitrogen and oxygen atoms in total. The maximum Gasteiger partial charge on any atom is 0.325 e. The molecule has 0 bridgehead atoms. The summed E-state index contributed by atoms with van der Waals surface area (Å²) in [6, 6.07) is 11.8. The summed E-state index contributed by atoms with van der Waals surface area (Å²) in [5.41, 5.74) is 2.25. The summed E-state index contributed by atoms with van der Waals surface area (Å²) in [5.74, 6) is -1.24. The molecule has 5 amide bonds. The molecule has 0 saturated carbocycles. The zero-order valence-electron chi connectivity index (χ0n) is 17.3. The Morgan fingerprint density at radius 1 is 1.03 bits per heavy atom. The topological polar surface area (TPSA) is 108 Å². The minimum absolute atomic E-state index is 0.231. The Kier molecular flexibility index (Phi) is 5.60. The van der Waals surface area contributed by atoms with Crippen molar-refractivity contribution in [3.8, 4) is 0 Å². The molecule has 1 aliphatic rings. The van der Waals surface area contributed by atoms with Crippen LogP contribution >= 0.6 is 0 Å². The van der Waals surface area contributed by atoms with Gasteiger partial charge in [0.2, 0.25) is 11.8 Å². The standard InChI is InChI=1S/C22H24N4O4/c1-13-5-8-16(9-6-13)22(4)20(29)26(21(30)25-22)12-19(28)24-18-11-17(23-15(3)27)10-7-14(18)2/h5-11H,12H2,1-4H3,(H,23,27)(H,24,28)(H,25,30). The fourth-order valence-electron chi connectivity index (χ4n) is 3.29. The predicted molar refractivity (Wildman–Crippen MR) is 113 cm³/mol. The van der Waals surface area contributed by atoms with E-state index in [1.807, 2.05) is 19.1 Å². The highest BCUT2D eigenvalue weighted by Crippen LogP contribution is 2.29. The number of nitrogens with zero attached hydrogens (tertiary/aromatic N) is 1. The third-order valence-corrected chi connectivity index (χ3v) is 5.04. The number of benzene rings is 2. The molecule has 0 aromatic heterocycles. The van der Waals surface area contributed by atoms with Gasteiger partial charge in [0.25, 0.3) is 5.91 Å². The Balaban J connectivity index is 1.74. The minimum atomic E-state index is -1.23. The molecule has 156 valence electrons. The van der Waals surface area contributed by atoms with Crippen molar-refractivity contribution < 1.29 is 19.2 Å². The highest BCUT2D eigenvalue weighted by molar-refractivity contribution is 6.10. The van der Waals surface area contributed by atoms with Crippen molar-refractivity contribution in [2.75, 3.05) is 17.2 Å². The van der Waals surface area contributed by atoms with Crippen LogP contribution in [-0.4, -0.2) is 35.2 Å². The predicted octanol–water partition coefficient (Wildman–Crippen LogP) is 2.67. The third-order valence-electron chi connectivity index (χ3n) is 5.04. The van der Waals surface area contributed by atoms with Gasteiger partial charge in [-0.2, -0.15) is 0 Å². The number of urea groups is 1. The van der Waals surface area contributed by atoms with Crippen molar-refractivity contribution in [2.45, 2.75) is 33.2 Å². The Labute approximate surface area is 174 Å². The number of aryl methyl sites for hydroxylation is 2. The second kappa shape index (κ2) is 7.98. The van der Waals surface area contributed by atoms with Crippen LogP contribution in [0, 0.1) is 13.8 Å². The number of hydrogen-bond acceptors (Lipinski definition) is 4. The van der Waals surface area contributed by atoms with Crippen LogP contribution in [0.1, 0.15) is 30.5 Å². The van der Waals surface area contributed by atoms with Crippen LogP contribution in [0.4, 0.5) is 16.2 Å². The van der Waals surface area contributed by atoms with Crippen molar-refractivity contribution in [3.63, 3.8) is 0 Å². The van der Waals surface area contributed by atoms with E-state index in [1.165, 1.54) is 6.92 Å². The fourth-order valence-corrected chi connectivity index (χ4v) is 3.29. The molecule has 0 spiro atoms. The maximum atomic E-state index is 13.0. The van der Waals surface area contributed by atoms with Gasteiger partial charge >= 0.3 is 6.03 Å². The van der Waals surface area contributed by atoms with Gasteiger partial charge in [-0.05, 0) is 44.0 Å². The first kappa shape index (κ1) is 21.0. The van der Waals surface area contributed by atoms with E-state index in [9.17, 15) is 19.2 Å². The number of imide groups is 1. The summed E-state index contributed by atoms with van der Waals surface area (Å²) in [6.07, 6.45) is 0. The molecule has 2 aromatic rings. The molecule has 1 unspecified atom stereocenters. The Hall–Kier alpha value is -3.68. The van der Waals surface area contributed by atoms with Gasteiger partial charge in [-0.1, -0.05) is 35.9 Å². The average Bonchev–Trinajstić information content (AvgIpc) is 2.88. The zero-order valence-corrected chi connectivity index (χ0v) is 17.3. The number of rotatable bonds is 5. The Bertz CT molecular complexity index is 1030. The average molecular weight is 408 g/mol. The van der Waals surface area contributed by atoms with Gasteiger partial charge in [-0.3, -0.25) is 19.3 Å². The van der Waals surface area contributed by atoms with Crippen LogP contribution in [0.5, 0.6) is 0 Å². The number of anilines is 2. The highest BCUT2D eigenvalue weighted by atomic mass is 16.2. The second-order valence-electron chi connectivity index (χ2n) is 7.57. The lowest BCUT2D eigenvalue weighted by Crippen LogP contribution is -2.42. The van der Waals surface area contributed by atoms with Crippen LogP contribution in [0.15, 0.2) is 42.5 Å². The quantitative estimate of drug-likeness (QED) is 0.661. The first-order chi connectivity index (χ1) is 14.1. The van der Waals surface area contributed by atoms with Gasteiger partial charge in [0, 0.05) is 18.3 Å². The molecule has 1 atom stereocenters. The lowest BCUT2D eigenvalue weighted by atomic mass is 9.91. The van der Waals surface area contributed by atoms with E-state index in [0.29, 0.717) is 16.9 Å². The highest BCUT2D eigenvalue weighted by Gasteiger charge is 2.49. The minimum Gasteiger partial charge on any atom is -0.326 e. The smallest absolute Gasteiger partial charge is 0.325 e. The van der Waals surface area contributed by atoms with E-state index in [2.05, 4.69) is 16.0 Å². The molecule has 0 radical (unpaired) electrons. The second-order valence-corrected chi connectivity index (χ2v) is 7.57. The summed E-state index contributed by atoms with van der Waals surface area (Å²) < 4.78 is 0. The lowest BCUT2D eigenvalue weighted by Gasteiger charge is -2.22. The number of amides is 5. The van der Waals surface area contributed by atoms with Crippen molar-refractivity contribution >= 4 is 35.1 Å². The van der Waals surface area contributed by atoms with E-state index in [1.54, 1.807) is 44.2 Å². The zero-order chi connectivity index (χ0) is 22.1. The first-order valence-electron chi connectivity index (χ1n) is 9.49. The summed E-state index contributed by atoms with van der Waals surface area (Å²) in [7, 11) is 0. The lowest BCUT2D eigenvalue weighted by molar-refractivity contribution is -0.133. The molecule has 3 N–H and O–H groups in total. The van der Waals surface area contributed by atoms with Gasteiger partial charge in [0.05, 0.1) is 0 Å². The molecule has 1 fully saturated rings. The molecule has 1 aliphatic heterocycles. The van der Waals surface area contributed by atoms with Crippen LogP contribution in [0.3, 0.4) is 0 Å². The molecule has 1 heterocycles. The van der Waals surface area contributed by atoms with Crippen molar-refractivity contribution in [3.05, 3.63) is 59.2 Å². The molecule has 2 aromatic carbocycles. The van der Waals surface area contributed by atoms with Crippen molar-refractivity contribution in [1.29, 1.82) is 0 Å². The summed E-state index contributed by atoms with van der Waals surface area (Å²) >= 11 is 0. The maximum absolute atomic E-state index is 13.0.